The van der Waals surface area contributed by atoms with Gasteiger partial charge in [0.15, 0.2) is 11.5 Å². The van der Waals surface area contributed by atoms with E-state index in [1.807, 2.05) is 54.6 Å². The van der Waals surface area contributed by atoms with Gasteiger partial charge in [0.1, 0.15) is 12.4 Å². The number of carbonyl (C=O) groups is 1. The Bertz CT molecular complexity index is 1550. The van der Waals surface area contributed by atoms with Crippen LogP contribution in [0.5, 0.6) is 17.2 Å². The van der Waals surface area contributed by atoms with Gasteiger partial charge in [-0.15, -0.1) is 0 Å². The molecule has 1 aromatic heterocycles. The van der Waals surface area contributed by atoms with Crippen LogP contribution in [0.2, 0.25) is 0 Å². The molecule has 0 fully saturated rings. The average Bonchev–Trinajstić information content (AvgIpc) is 3.47. The van der Waals surface area contributed by atoms with Crippen molar-refractivity contribution in [1.29, 1.82) is 0 Å². The van der Waals surface area contributed by atoms with E-state index in [1.54, 1.807) is 56.7 Å². The fourth-order valence-electron chi connectivity index (χ4n) is 3.87. The van der Waals surface area contributed by atoms with E-state index in [4.69, 9.17) is 18.7 Å². The number of benzene rings is 4. The summed E-state index contributed by atoms with van der Waals surface area (Å²) in [5, 5.41) is 7.07. The Balaban J connectivity index is 1.33. The van der Waals surface area contributed by atoms with Crippen molar-refractivity contribution in [2.24, 2.45) is 0 Å². The number of amides is 1. The number of methoxy groups -OCH3 is 2. The van der Waals surface area contributed by atoms with Crippen LogP contribution in [-0.2, 0) is 6.61 Å². The van der Waals surface area contributed by atoms with Crippen LogP contribution in [0.4, 0.5) is 5.69 Å². The number of aromatic nitrogens is 2. The molecule has 0 radical (unpaired) electrons. The highest BCUT2D eigenvalue weighted by Crippen LogP contribution is 2.33. The molecular weight excluding hydrogens is 482 g/mol. The molecular formula is C30H25N3O5. The van der Waals surface area contributed by atoms with Gasteiger partial charge in [0.05, 0.1) is 25.5 Å². The summed E-state index contributed by atoms with van der Waals surface area (Å²) < 4.78 is 22.1. The molecule has 0 spiro atoms. The number of hydrogen-bond acceptors (Lipinski definition) is 7. The van der Waals surface area contributed by atoms with E-state index >= 15 is 0 Å². The van der Waals surface area contributed by atoms with Crippen LogP contribution in [0.25, 0.3) is 22.8 Å². The monoisotopic (exact) mass is 507 g/mol. The second-order valence-corrected chi connectivity index (χ2v) is 8.29. The van der Waals surface area contributed by atoms with Crippen molar-refractivity contribution in [3.8, 4) is 40.1 Å². The Labute approximate surface area is 219 Å². The van der Waals surface area contributed by atoms with Crippen molar-refractivity contribution in [2.45, 2.75) is 6.61 Å². The van der Waals surface area contributed by atoms with E-state index in [1.165, 1.54) is 0 Å². The smallest absolute Gasteiger partial charge is 0.260 e. The molecule has 0 atom stereocenters. The van der Waals surface area contributed by atoms with Crippen molar-refractivity contribution in [3.63, 3.8) is 0 Å². The SMILES string of the molecule is COc1ccc(-c2noc(-c3ccccc3NC(=O)c3cccc(OCc4ccccc4)c3)n2)cc1OC. The molecule has 38 heavy (non-hydrogen) atoms. The number of nitrogens with one attached hydrogen (secondary N) is 1. The first-order valence-electron chi connectivity index (χ1n) is 11.9. The van der Waals surface area contributed by atoms with Gasteiger partial charge in [-0.05, 0) is 54.1 Å². The molecule has 0 aliphatic heterocycles. The zero-order valence-corrected chi connectivity index (χ0v) is 20.9. The van der Waals surface area contributed by atoms with Gasteiger partial charge in [-0.3, -0.25) is 4.79 Å². The number of nitrogens with zero attached hydrogens (tertiary/aromatic N) is 2. The van der Waals surface area contributed by atoms with E-state index in [9.17, 15) is 4.79 Å². The van der Waals surface area contributed by atoms with Crippen molar-refractivity contribution >= 4 is 11.6 Å². The molecule has 1 amide bonds. The second-order valence-electron chi connectivity index (χ2n) is 8.29. The summed E-state index contributed by atoms with van der Waals surface area (Å²) in [6.07, 6.45) is 0. The Hall–Kier alpha value is -5.11. The summed E-state index contributed by atoms with van der Waals surface area (Å²) >= 11 is 0. The molecule has 0 aliphatic carbocycles. The minimum absolute atomic E-state index is 0.269. The predicted molar refractivity (Wildman–Crippen MR) is 143 cm³/mol. The quantitative estimate of drug-likeness (QED) is 0.252. The molecule has 8 nitrogen and oxygen atoms in total. The standard InChI is InChI=1S/C30H25N3O5/c1-35-26-16-15-21(18-27(26)36-2)28-32-30(38-33-28)24-13-6-7-14-25(24)31-29(34)22-11-8-12-23(17-22)37-19-20-9-4-3-5-10-20/h3-18H,19H2,1-2H3,(H,31,34). The number of carbonyl (C=O) groups excluding carboxylic acids is 1. The molecule has 1 heterocycles. The maximum atomic E-state index is 13.1. The number of rotatable bonds is 9. The van der Waals surface area contributed by atoms with E-state index in [2.05, 4.69) is 15.5 Å². The Morgan fingerprint density at radius 2 is 1.63 bits per heavy atom. The van der Waals surface area contributed by atoms with Crippen LogP contribution >= 0.6 is 0 Å². The molecule has 0 unspecified atom stereocenters. The summed E-state index contributed by atoms with van der Waals surface area (Å²) in [7, 11) is 3.14. The van der Waals surface area contributed by atoms with Crippen LogP contribution in [0.15, 0.2) is 102 Å². The first-order chi connectivity index (χ1) is 18.6. The number of ether oxygens (including phenoxy) is 3. The van der Waals surface area contributed by atoms with Gasteiger partial charge in [-0.2, -0.15) is 4.98 Å². The van der Waals surface area contributed by atoms with Crippen molar-refractivity contribution < 1.29 is 23.5 Å². The van der Waals surface area contributed by atoms with Crippen LogP contribution in [0.1, 0.15) is 15.9 Å². The van der Waals surface area contributed by atoms with Gasteiger partial charge in [-0.25, -0.2) is 0 Å². The molecule has 190 valence electrons. The predicted octanol–water partition coefficient (Wildman–Crippen LogP) is 6.25. The van der Waals surface area contributed by atoms with Crippen molar-refractivity contribution in [1.82, 2.24) is 10.1 Å². The van der Waals surface area contributed by atoms with Gasteiger partial charge < -0.3 is 24.1 Å². The number of hydrogen-bond donors (Lipinski definition) is 1. The van der Waals surface area contributed by atoms with Crippen LogP contribution in [0, 0.1) is 0 Å². The van der Waals surface area contributed by atoms with Crippen LogP contribution < -0.4 is 19.5 Å². The summed E-state index contributed by atoms with van der Waals surface area (Å²) in [6, 6.07) is 29.5. The summed E-state index contributed by atoms with van der Waals surface area (Å²) in [5.74, 6) is 2.12. The lowest BCUT2D eigenvalue weighted by atomic mass is 10.1. The first-order valence-corrected chi connectivity index (χ1v) is 11.9. The molecule has 4 aromatic carbocycles. The van der Waals surface area contributed by atoms with Crippen molar-refractivity contribution in [3.05, 3.63) is 108 Å². The lowest BCUT2D eigenvalue weighted by Crippen LogP contribution is -2.12. The Kier molecular flexibility index (Phi) is 7.31. The Morgan fingerprint density at radius 3 is 2.45 bits per heavy atom. The van der Waals surface area contributed by atoms with E-state index in [0.717, 1.165) is 5.56 Å². The maximum Gasteiger partial charge on any atom is 0.260 e. The minimum atomic E-state index is -0.290. The largest absolute Gasteiger partial charge is 0.493 e. The second kappa shape index (κ2) is 11.3. The lowest BCUT2D eigenvalue weighted by molar-refractivity contribution is 0.102. The maximum absolute atomic E-state index is 13.1. The third-order valence-electron chi connectivity index (χ3n) is 5.82. The zero-order valence-electron chi connectivity index (χ0n) is 20.9. The molecule has 8 heteroatoms. The fourth-order valence-corrected chi connectivity index (χ4v) is 3.87. The minimum Gasteiger partial charge on any atom is -0.493 e. The van der Waals surface area contributed by atoms with E-state index < -0.39 is 0 Å². The van der Waals surface area contributed by atoms with Gasteiger partial charge in [0.2, 0.25) is 5.82 Å². The van der Waals surface area contributed by atoms with E-state index in [0.29, 0.717) is 52.1 Å². The summed E-state index contributed by atoms with van der Waals surface area (Å²) in [6.45, 7) is 0.411. The van der Waals surface area contributed by atoms with Gasteiger partial charge >= 0.3 is 0 Å². The fraction of sp³-hybridized carbons (Fsp3) is 0.100. The average molecular weight is 508 g/mol. The Morgan fingerprint density at radius 1 is 0.842 bits per heavy atom. The highest BCUT2D eigenvalue weighted by molar-refractivity contribution is 6.06. The van der Waals surface area contributed by atoms with E-state index in [-0.39, 0.29) is 11.8 Å². The van der Waals surface area contributed by atoms with Gasteiger partial charge in [0, 0.05) is 11.1 Å². The normalized spacial score (nSPS) is 10.6. The number of anilines is 1. The molecule has 0 saturated carbocycles. The zero-order chi connectivity index (χ0) is 26.3. The third-order valence-corrected chi connectivity index (χ3v) is 5.82. The first kappa shape index (κ1) is 24.6. The topological polar surface area (TPSA) is 95.7 Å². The number of para-hydroxylation sites is 1. The molecule has 5 aromatic rings. The molecule has 5 rings (SSSR count). The summed E-state index contributed by atoms with van der Waals surface area (Å²) in [5.41, 5.74) is 3.34. The lowest BCUT2D eigenvalue weighted by Gasteiger charge is -2.10. The van der Waals surface area contributed by atoms with Crippen LogP contribution in [0.3, 0.4) is 0 Å². The molecule has 0 saturated heterocycles. The highest BCUT2D eigenvalue weighted by Gasteiger charge is 2.17. The van der Waals surface area contributed by atoms with Crippen molar-refractivity contribution in [2.75, 3.05) is 19.5 Å². The van der Waals surface area contributed by atoms with Gasteiger partial charge in [0.25, 0.3) is 11.8 Å². The highest BCUT2D eigenvalue weighted by atomic mass is 16.5. The van der Waals surface area contributed by atoms with Crippen LogP contribution in [-0.4, -0.2) is 30.3 Å². The third kappa shape index (κ3) is 5.49. The molecule has 0 bridgehead atoms. The summed E-state index contributed by atoms with van der Waals surface area (Å²) in [4.78, 5) is 17.7. The molecule has 1 N–H and O–H groups in total. The van der Waals surface area contributed by atoms with Gasteiger partial charge in [-0.1, -0.05) is 53.7 Å². The molecule has 0 aliphatic rings.